The fraction of sp³-hybridized carbons (Fsp3) is 0.706. The first-order valence-corrected chi connectivity index (χ1v) is 8.94. The van der Waals surface area contributed by atoms with Crippen molar-refractivity contribution in [3.8, 4) is 0 Å². The van der Waals surface area contributed by atoms with Crippen LogP contribution >= 0.6 is 0 Å². The third-order valence-electron chi connectivity index (χ3n) is 4.79. The second kappa shape index (κ2) is 7.79. The summed E-state index contributed by atoms with van der Waals surface area (Å²) in [6.45, 7) is 5.65. The summed E-state index contributed by atoms with van der Waals surface area (Å²) in [6.07, 6.45) is 4.63. The smallest absolute Gasteiger partial charge is 0.226 e. The predicted octanol–water partition coefficient (Wildman–Crippen LogP) is 1.58. The maximum atomic E-state index is 12.7. The van der Waals surface area contributed by atoms with Crippen LogP contribution < -0.4 is 11.1 Å². The third-order valence-corrected chi connectivity index (χ3v) is 4.79. The molecule has 0 saturated carbocycles. The van der Waals surface area contributed by atoms with E-state index in [1.807, 2.05) is 4.90 Å². The van der Waals surface area contributed by atoms with Gasteiger partial charge in [0.2, 0.25) is 11.9 Å². The van der Waals surface area contributed by atoms with Crippen molar-refractivity contribution in [2.24, 2.45) is 5.92 Å². The molecule has 1 fully saturated rings. The van der Waals surface area contributed by atoms with Crippen molar-refractivity contribution < 1.29 is 9.53 Å². The molecule has 24 heavy (non-hydrogen) atoms. The first-order valence-electron chi connectivity index (χ1n) is 8.94. The van der Waals surface area contributed by atoms with Crippen LogP contribution in [0.25, 0.3) is 0 Å². The molecule has 1 aromatic rings. The summed E-state index contributed by atoms with van der Waals surface area (Å²) in [7, 11) is 0. The fourth-order valence-electron chi connectivity index (χ4n) is 3.37. The van der Waals surface area contributed by atoms with Crippen LogP contribution in [-0.2, 0) is 22.5 Å². The molecule has 3 N–H and O–H groups in total. The van der Waals surface area contributed by atoms with Gasteiger partial charge in [-0.3, -0.25) is 4.79 Å². The van der Waals surface area contributed by atoms with Gasteiger partial charge in [-0.15, -0.1) is 0 Å². The molecule has 7 heteroatoms. The van der Waals surface area contributed by atoms with Crippen LogP contribution in [0.3, 0.4) is 0 Å². The Morgan fingerprint density at radius 1 is 1.38 bits per heavy atom. The average molecular weight is 333 g/mol. The monoisotopic (exact) mass is 333 g/mol. The normalized spacial score (nSPS) is 18.3. The maximum Gasteiger partial charge on any atom is 0.226 e. The third kappa shape index (κ3) is 3.77. The molecule has 0 bridgehead atoms. The van der Waals surface area contributed by atoms with E-state index in [4.69, 9.17) is 10.5 Å². The molecule has 1 saturated heterocycles. The zero-order chi connectivity index (χ0) is 16.9. The van der Waals surface area contributed by atoms with Crippen molar-refractivity contribution >= 4 is 17.7 Å². The van der Waals surface area contributed by atoms with E-state index in [0.29, 0.717) is 19.8 Å². The minimum atomic E-state index is 0.0848. The number of carbonyl (C=O) groups is 1. The van der Waals surface area contributed by atoms with Gasteiger partial charge in [0.1, 0.15) is 5.82 Å². The number of nitrogens with two attached hydrogens (primary N) is 1. The molecule has 132 valence electrons. The van der Waals surface area contributed by atoms with Crippen molar-refractivity contribution in [2.75, 3.05) is 37.4 Å². The molecule has 0 spiro atoms. The zero-order valence-corrected chi connectivity index (χ0v) is 14.4. The second-order valence-electron chi connectivity index (χ2n) is 6.53. The fourth-order valence-corrected chi connectivity index (χ4v) is 3.37. The van der Waals surface area contributed by atoms with Gasteiger partial charge >= 0.3 is 0 Å². The van der Waals surface area contributed by atoms with Crippen LogP contribution in [0.2, 0.25) is 0 Å². The molecule has 0 atom stereocenters. The summed E-state index contributed by atoms with van der Waals surface area (Å²) in [4.78, 5) is 23.4. The number of hydrogen-bond acceptors (Lipinski definition) is 6. The van der Waals surface area contributed by atoms with Crippen molar-refractivity contribution in [3.05, 3.63) is 11.3 Å². The molecule has 0 aromatic carbocycles. The lowest BCUT2D eigenvalue weighted by Gasteiger charge is -2.33. The van der Waals surface area contributed by atoms with E-state index in [2.05, 4.69) is 22.2 Å². The van der Waals surface area contributed by atoms with Crippen LogP contribution in [0, 0.1) is 5.92 Å². The van der Waals surface area contributed by atoms with E-state index in [1.54, 1.807) is 0 Å². The van der Waals surface area contributed by atoms with Gasteiger partial charge in [0.15, 0.2) is 0 Å². The highest BCUT2D eigenvalue weighted by molar-refractivity contribution is 5.79. The molecule has 2 aliphatic heterocycles. The van der Waals surface area contributed by atoms with Gasteiger partial charge in [0.05, 0.1) is 12.2 Å². The predicted molar refractivity (Wildman–Crippen MR) is 92.5 cm³/mol. The van der Waals surface area contributed by atoms with Gasteiger partial charge in [-0.1, -0.05) is 13.3 Å². The van der Waals surface area contributed by atoms with Crippen molar-refractivity contribution in [2.45, 2.75) is 45.6 Å². The van der Waals surface area contributed by atoms with Crippen LogP contribution in [0.1, 0.15) is 43.9 Å². The standard InChI is InChI=1S/C17H27N5O2/c1-2-3-7-19-15-13-4-8-22(11-14(13)20-17(18)21-15)16(23)12-5-9-24-10-6-12/h12H,2-11H2,1H3,(H3,18,19,20,21). The highest BCUT2D eigenvalue weighted by Crippen LogP contribution is 2.27. The van der Waals surface area contributed by atoms with Crippen LogP contribution in [0.5, 0.6) is 0 Å². The molecule has 0 aliphatic carbocycles. The van der Waals surface area contributed by atoms with Gasteiger partial charge in [0, 0.05) is 37.8 Å². The molecule has 0 unspecified atom stereocenters. The Hall–Kier alpha value is -1.89. The zero-order valence-electron chi connectivity index (χ0n) is 14.4. The average Bonchev–Trinajstić information content (AvgIpc) is 2.61. The number of anilines is 2. The highest BCUT2D eigenvalue weighted by Gasteiger charge is 2.30. The van der Waals surface area contributed by atoms with E-state index in [1.165, 1.54) is 0 Å². The Kier molecular flexibility index (Phi) is 5.50. The minimum Gasteiger partial charge on any atom is -0.381 e. The van der Waals surface area contributed by atoms with E-state index < -0.39 is 0 Å². The van der Waals surface area contributed by atoms with Gasteiger partial charge in [-0.2, -0.15) is 4.98 Å². The van der Waals surface area contributed by atoms with E-state index >= 15 is 0 Å². The van der Waals surface area contributed by atoms with Crippen molar-refractivity contribution in [1.82, 2.24) is 14.9 Å². The minimum absolute atomic E-state index is 0.0848. The van der Waals surface area contributed by atoms with Crippen LogP contribution in [0.15, 0.2) is 0 Å². The maximum absolute atomic E-state index is 12.7. The van der Waals surface area contributed by atoms with Crippen molar-refractivity contribution in [1.29, 1.82) is 0 Å². The number of carbonyl (C=O) groups excluding carboxylic acids is 1. The molecule has 1 amide bonds. The largest absolute Gasteiger partial charge is 0.381 e. The van der Waals surface area contributed by atoms with Gasteiger partial charge in [-0.25, -0.2) is 4.98 Å². The SMILES string of the molecule is CCCCNc1nc(N)nc2c1CCN(C(=O)C1CCOCC1)C2. The highest BCUT2D eigenvalue weighted by atomic mass is 16.5. The molecule has 7 nitrogen and oxygen atoms in total. The first-order chi connectivity index (χ1) is 11.7. The number of hydrogen-bond donors (Lipinski definition) is 2. The Bertz CT molecular complexity index is 587. The van der Waals surface area contributed by atoms with E-state index in [-0.39, 0.29) is 17.8 Å². The number of amides is 1. The summed E-state index contributed by atoms with van der Waals surface area (Å²) in [5, 5.41) is 3.37. The molecule has 3 heterocycles. The second-order valence-corrected chi connectivity index (χ2v) is 6.53. The summed E-state index contributed by atoms with van der Waals surface area (Å²) >= 11 is 0. The summed E-state index contributed by atoms with van der Waals surface area (Å²) in [6, 6.07) is 0. The quantitative estimate of drug-likeness (QED) is 0.795. The Morgan fingerprint density at radius 3 is 2.92 bits per heavy atom. The molecule has 1 aromatic heterocycles. The molecular formula is C17H27N5O2. The van der Waals surface area contributed by atoms with Gasteiger partial charge < -0.3 is 20.7 Å². The van der Waals surface area contributed by atoms with Gasteiger partial charge in [-0.05, 0) is 25.7 Å². The van der Waals surface area contributed by atoms with Crippen LogP contribution in [0.4, 0.5) is 11.8 Å². The molecular weight excluding hydrogens is 306 g/mol. The number of fused-ring (bicyclic) bond motifs is 1. The van der Waals surface area contributed by atoms with Crippen LogP contribution in [-0.4, -0.2) is 47.1 Å². The number of ether oxygens (including phenoxy) is 1. The van der Waals surface area contributed by atoms with E-state index in [0.717, 1.165) is 62.3 Å². The summed E-state index contributed by atoms with van der Waals surface area (Å²) in [5.74, 6) is 1.42. The van der Waals surface area contributed by atoms with Crippen molar-refractivity contribution in [3.63, 3.8) is 0 Å². The number of aromatic nitrogens is 2. The lowest BCUT2D eigenvalue weighted by Crippen LogP contribution is -2.42. The first kappa shape index (κ1) is 17.0. The number of nitrogen functional groups attached to an aromatic ring is 1. The lowest BCUT2D eigenvalue weighted by atomic mass is 9.96. The van der Waals surface area contributed by atoms with E-state index in [9.17, 15) is 4.79 Å². The Balaban J connectivity index is 1.71. The summed E-state index contributed by atoms with van der Waals surface area (Å²) in [5.41, 5.74) is 7.86. The summed E-state index contributed by atoms with van der Waals surface area (Å²) < 4.78 is 5.36. The molecule has 0 radical (unpaired) electrons. The molecule has 2 aliphatic rings. The molecule has 3 rings (SSSR count). The number of rotatable bonds is 5. The number of unbranched alkanes of at least 4 members (excludes halogenated alkanes) is 1. The lowest BCUT2D eigenvalue weighted by molar-refractivity contribution is -0.139. The number of nitrogens with zero attached hydrogens (tertiary/aromatic N) is 3. The Labute approximate surface area is 143 Å². The Morgan fingerprint density at radius 2 is 2.17 bits per heavy atom. The topological polar surface area (TPSA) is 93.4 Å². The van der Waals surface area contributed by atoms with Gasteiger partial charge in [0.25, 0.3) is 0 Å². The number of nitrogens with one attached hydrogen (secondary N) is 1.